The summed E-state index contributed by atoms with van der Waals surface area (Å²) in [5.74, 6) is 1.59. The number of rotatable bonds is 5. The van der Waals surface area contributed by atoms with Crippen molar-refractivity contribution in [3.05, 3.63) is 72.3 Å². The van der Waals surface area contributed by atoms with Crippen molar-refractivity contribution in [3.8, 4) is 22.6 Å². The normalized spacial score (nSPS) is 11.7. The molecule has 0 bridgehead atoms. The van der Waals surface area contributed by atoms with Gasteiger partial charge < -0.3 is 0 Å². The molecule has 0 radical (unpaired) electrons. The fourth-order valence-electron chi connectivity index (χ4n) is 3.80. The van der Waals surface area contributed by atoms with Crippen molar-refractivity contribution in [2.45, 2.75) is 20.0 Å². The van der Waals surface area contributed by atoms with E-state index in [-0.39, 0.29) is 6.10 Å². The van der Waals surface area contributed by atoms with Crippen LogP contribution in [0, 0.1) is 0 Å². The predicted molar refractivity (Wildman–Crippen MR) is 126 cm³/mol. The van der Waals surface area contributed by atoms with Gasteiger partial charge in [-0.1, -0.05) is 0 Å². The summed E-state index contributed by atoms with van der Waals surface area (Å²) in [6.45, 7) is 4.06. The fourth-order valence-corrected chi connectivity index (χ4v) is 5.56. The molecule has 0 aliphatic carbocycles. The minimum absolute atomic E-state index is 0.00988. The number of fused-ring (bicyclic) bond motifs is 2. The Morgan fingerprint density at radius 1 is 0.833 bits per heavy atom. The number of halogens is 2. The van der Waals surface area contributed by atoms with Crippen molar-refractivity contribution in [1.82, 2.24) is 0 Å². The molecule has 2 nitrogen and oxygen atoms in total. The van der Waals surface area contributed by atoms with E-state index in [0.29, 0.717) is 0 Å². The zero-order valence-electron chi connectivity index (χ0n) is 16.9. The van der Waals surface area contributed by atoms with Gasteiger partial charge in [0.15, 0.2) is 0 Å². The Hall–Kier alpha value is -1.93. The molecule has 0 N–H and O–H groups in total. The van der Waals surface area contributed by atoms with Gasteiger partial charge in [0.05, 0.1) is 0 Å². The molecule has 0 amide bonds. The van der Waals surface area contributed by atoms with Crippen LogP contribution in [0.1, 0.15) is 19.4 Å². The second-order valence-corrected chi connectivity index (χ2v) is 13.0. The quantitative estimate of drug-likeness (QED) is 0.250. The summed E-state index contributed by atoms with van der Waals surface area (Å²) in [6, 6.07) is 22.9. The number of ether oxygens (including phenoxy) is 2. The van der Waals surface area contributed by atoms with E-state index in [1.165, 1.54) is 0 Å². The van der Waals surface area contributed by atoms with E-state index in [0.717, 1.165) is 49.7 Å². The Bertz CT molecular complexity index is 1260. The zero-order valence-corrected chi connectivity index (χ0v) is 20.2. The van der Waals surface area contributed by atoms with Gasteiger partial charge in [-0.3, -0.25) is 0 Å². The molecule has 0 heterocycles. The molecule has 156 valence electrons. The summed E-state index contributed by atoms with van der Waals surface area (Å²) in [7, 11) is 14.3. The third-order valence-corrected chi connectivity index (χ3v) is 6.76. The molecule has 4 aromatic rings. The molecule has 0 aliphatic rings. The predicted octanol–water partition coefficient (Wildman–Crippen LogP) is 7.53. The van der Waals surface area contributed by atoms with Crippen LogP contribution < -0.4 is 9.47 Å². The molecule has 0 unspecified atom stereocenters. The van der Waals surface area contributed by atoms with E-state index in [1.54, 1.807) is 7.11 Å². The molecule has 0 fully saturated rings. The maximum absolute atomic E-state index is 6.41. The average Bonchev–Trinajstić information content (AvgIpc) is 2.73. The van der Waals surface area contributed by atoms with Crippen molar-refractivity contribution < 1.29 is 23.0 Å². The number of hydrogen-bond donors (Lipinski definition) is 0. The monoisotopic (exact) mass is 526 g/mol. The summed E-state index contributed by atoms with van der Waals surface area (Å²) in [5.41, 5.74) is 2.95. The molecule has 0 atom stereocenters. The molecule has 0 aromatic heterocycles. The van der Waals surface area contributed by atoms with E-state index in [2.05, 4.69) is 36.4 Å². The van der Waals surface area contributed by atoms with Crippen LogP contribution in [0.2, 0.25) is 0 Å². The van der Waals surface area contributed by atoms with Gasteiger partial charge >= 0.3 is 191 Å². The van der Waals surface area contributed by atoms with Gasteiger partial charge in [-0.25, -0.2) is 0 Å². The molecule has 0 aliphatic heterocycles. The van der Waals surface area contributed by atoms with Crippen molar-refractivity contribution in [2.75, 3.05) is 7.11 Å². The van der Waals surface area contributed by atoms with E-state index in [1.807, 2.05) is 48.8 Å². The summed E-state index contributed by atoms with van der Waals surface area (Å²) >= 11 is -2.07. The fraction of sp³-hybridized carbons (Fsp3) is 0.160. The van der Waals surface area contributed by atoms with Crippen LogP contribution in [0.4, 0.5) is 0 Å². The van der Waals surface area contributed by atoms with Gasteiger partial charge in [0.2, 0.25) is 0 Å². The summed E-state index contributed by atoms with van der Waals surface area (Å²) in [6.07, 6.45) is -0.00988. The molecule has 0 saturated carbocycles. The van der Waals surface area contributed by atoms with E-state index < -0.39 is 13.5 Å². The summed E-state index contributed by atoms with van der Waals surface area (Å²) in [4.78, 5) is 0. The van der Waals surface area contributed by atoms with E-state index in [4.69, 9.17) is 28.9 Å². The SMILES string of the molecule is COc1ccc2ccccc2c1-c1c(OC(C)C)c([CH]=[Ru]([Cl])[Cl])cc2ccccc12. The molecular weight excluding hydrogens is 504 g/mol. The van der Waals surface area contributed by atoms with Crippen LogP contribution >= 0.6 is 19.4 Å². The Labute approximate surface area is 189 Å². The first-order chi connectivity index (χ1) is 14.5. The van der Waals surface area contributed by atoms with Gasteiger partial charge in [0, 0.05) is 0 Å². The molecule has 5 heteroatoms. The van der Waals surface area contributed by atoms with Crippen LogP contribution in [0.5, 0.6) is 11.5 Å². The average molecular weight is 526 g/mol. The van der Waals surface area contributed by atoms with Gasteiger partial charge in [0.25, 0.3) is 0 Å². The Kier molecular flexibility index (Phi) is 6.44. The summed E-state index contributed by atoms with van der Waals surface area (Å²) < 4.78 is 14.2. The van der Waals surface area contributed by atoms with Crippen molar-refractivity contribution >= 4 is 45.5 Å². The van der Waals surface area contributed by atoms with Crippen LogP contribution in [0.3, 0.4) is 0 Å². The molecule has 0 spiro atoms. The first-order valence-electron chi connectivity index (χ1n) is 9.61. The molecular formula is C25H22Cl2O2Ru. The van der Waals surface area contributed by atoms with Crippen LogP contribution in [0.15, 0.2) is 66.7 Å². The molecule has 30 heavy (non-hydrogen) atoms. The first kappa shape index (κ1) is 21.3. The van der Waals surface area contributed by atoms with Crippen molar-refractivity contribution in [1.29, 1.82) is 0 Å². The molecule has 0 saturated heterocycles. The molecule has 4 aromatic carbocycles. The third-order valence-electron chi connectivity index (χ3n) is 4.93. The Morgan fingerprint density at radius 3 is 2.10 bits per heavy atom. The van der Waals surface area contributed by atoms with Crippen LogP contribution in [-0.2, 0) is 13.5 Å². The minimum atomic E-state index is -2.07. The van der Waals surface area contributed by atoms with Gasteiger partial charge in [0.1, 0.15) is 0 Å². The topological polar surface area (TPSA) is 18.5 Å². The zero-order chi connectivity index (χ0) is 21.3. The van der Waals surface area contributed by atoms with Crippen molar-refractivity contribution in [2.24, 2.45) is 0 Å². The van der Waals surface area contributed by atoms with E-state index in [9.17, 15) is 0 Å². The first-order valence-corrected chi connectivity index (χ1v) is 15.1. The van der Waals surface area contributed by atoms with E-state index >= 15 is 0 Å². The second-order valence-electron chi connectivity index (χ2n) is 7.23. The van der Waals surface area contributed by atoms with Crippen LogP contribution in [0.25, 0.3) is 32.7 Å². The van der Waals surface area contributed by atoms with Crippen LogP contribution in [-0.4, -0.2) is 17.8 Å². The molecule has 4 rings (SSSR count). The number of benzene rings is 4. The van der Waals surface area contributed by atoms with Crippen molar-refractivity contribution in [3.63, 3.8) is 0 Å². The second kappa shape index (κ2) is 9.06. The van der Waals surface area contributed by atoms with Gasteiger partial charge in [-0.05, 0) is 0 Å². The standard InChI is InChI=1S/C25H22O2.2ClH.Ru/c1-16(2)27-25-17(3)15-19-10-6-8-12-21(19)24(25)23-20-11-7-5-9-18(20)13-14-22(23)26-4;;;/h3,5-16H,1-2,4H3;2*1H;/q;;;+2/p-2. The summed E-state index contributed by atoms with van der Waals surface area (Å²) in [5, 5.41) is 4.46. The van der Waals surface area contributed by atoms with Gasteiger partial charge in [-0.2, -0.15) is 0 Å². The Morgan fingerprint density at radius 2 is 1.47 bits per heavy atom. The number of methoxy groups -OCH3 is 1. The number of hydrogen-bond acceptors (Lipinski definition) is 2. The maximum atomic E-state index is 6.41. The third kappa shape index (κ3) is 4.12. The Balaban J connectivity index is 2.23. The van der Waals surface area contributed by atoms with Gasteiger partial charge in [-0.15, -0.1) is 0 Å².